The Kier molecular flexibility index (Phi) is 8.60. The first-order valence-corrected chi connectivity index (χ1v) is 8.40. The summed E-state index contributed by atoms with van der Waals surface area (Å²) in [6.45, 7) is 2.81. The van der Waals surface area contributed by atoms with Gasteiger partial charge in [-0.15, -0.1) is 0 Å². The Balaban J connectivity index is 2.57. The molecule has 0 unspecified atom stereocenters. The fraction of sp³-hybridized carbons (Fsp3) is 0.389. The number of carbonyl (C=O) groups is 5. The Morgan fingerprint density at radius 1 is 1.00 bits per heavy atom. The van der Waals surface area contributed by atoms with E-state index in [2.05, 4.69) is 16.0 Å². The van der Waals surface area contributed by atoms with Crippen LogP contribution in [0, 0.1) is 0 Å². The summed E-state index contributed by atoms with van der Waals surface area (Å²) in [5.74, 6) is -2.49. The van der Waals surface area contributed by atoms with Crippen molar-refractivity contribution in [3.63, 3.8) is 0 Å². The van der Waals surface area contributed by atoms with Gasteiger partial charge in [0, 0.05) is 5.56 Å². The Morgan fingerprint density at radius 2 is 1.54 bits per heavy atom. The fourth-order valence-corrected chi connectivity index (χ4v) is 2.12. The van der Waals surface area contributed by atoms with Gasteiger partial charge in [-0.05, 0) is 38.1 Å². The smallest absolute Gasteiger partial charge is 0.305 e. The van der Waals surface area contributed by atoms with Crippen LogP contribution in [0.25, 0.3) is 0 Å². The number of amides is 3. The Morgan fingerprint density at radius 3 is 2.04 bits per heavy atom. The first kappa shape index (κ1) is 22.6. The Bertz CT molecular complexity index is 733. The van der Waals surface area contributed by atoms with Crippen molar-refractivity contribution < 1.29 is 33.8 Å². The lowest BCUT2D eigenvalue weighted by Crippen LogP contribution is -2.53. The number of benzene rings is 1. The van der Waals surface area contributed by atoms with E-state index in [1.165, 1.54) is 33.1 Å². The molecule has 0 aliphatic heterocycles. The molecule has 1 rings (SSSR count). The van der Waals surface area contributed by atoms with Gasteiger partial charge in [-0.1, -0.05) is 0 Å². The average molecular weight is 393 g/mol. The number of aldehydes is 1. The highest BCUT2D eigenvalue weighted by Gasteiger charge is 2.23. The molecule has 4 N–H and O–H groups in total. The number of aliphatic carboxylic acids is 1. The standard InChI is InChI=1S/C18H23N3O7/c1-10(20-18(27)12-4-6-14(28-3)7-5-12)16(25)19-11(2)17(26)21-13(9-22)8-15(23)24/h4-7,9-11,13H,8H2,1-3H3,(H,19,25)(H,20,27)(H,21,26)(H,23,24)/t10-,11-,13-/m0/s1. The molecule has 0 radical (unpaired) electrons. The van der Waals surface area contributed by atoms with Gasteiger partial charge in [-0.3, -0.25) is 19.2 Å². The number of carboxylic acids is 1. The molecule has 0 aliphatic carbocycles. The Hall–Kier alpha value is -3.43. The first-order valence-electron chi connectivity index (χ1n) is 8.40. The van der Waals surface area contributed by atoms with Crippen molar-refractivity contribution in [1.29, 1.82) is 0 Å². The van der Waals surface area contributed by atoms with Gasteiger partial charge in [-0.25, -0.2) is 0 Å². The second-order valence-electron chi connectivity index (χ2n) is 6.00. The summed E-state index contributed by atoms with van der Waals surface area (Å²) >= 11 is 0. The van der Waals surface area contributed by atoms with Gasteiger partial charge in [0.2, 0.25) is 11.8 Å². The van der Waals surface area contributed by atoms with Crippen molar-refractivity contribution in [3.8, 4) is 5.75 Å². The van der Waals surface area contributed by atoms with Crippen LogP contribution in [0.3, 0.4) is 0 Å². The van der Waals surface area contributed by atoms with Crippen molar-refractivity contribution in [1.82, 2.24) is 16.0 Å². The molecule has 10 nitrogen and oxygen atoms in total. The van der Waals surface area contributed by atoms with Gasteiger partial charge in [-0.2, -0.15) is 0 Å². The van der Waals surface area contributed by atoms with E-state index >= 15 is 0 Å². The van der Waals surface area contributed by atoms with E-state index in [-0.39, 0.29) is 0 Å². The molecule has 1 aromatic rings. The summed E-state index contributed by atoms with van der Waals surface area (Å²) in [7, 11) is 1.50. The molecule has 0 aliphatic rings. The maximum absolute atomic E-state index is 12.2. The van der Waals surface area contributed by atoms with Gasteiger partial charge in [0.15, 0.2) is 0 Å². The summed E-state index contributed by atoms with van der Waals surface area (Å²) < 4.78 is 5.00. The molecule has 0 saturated carbocycles. The molecule has 152 valence electrons. The van der Waals surface area contributed by atoms with E-state index < -0.39 is 48.2 Å². The molecule has 28 heavy (non-hydrogen) atoms. The monoisotopic (exact) mass is 393 g/mol. The summed E-state index contributed by atoms with van der Waals surface area (Å²) in [6.07, 6.45) is -0.261. The SMILES string of the molecule is COc1ccc(C(=O)N[C@@H](C)C(=O)N[C@@H](C)C(=O)N[C@H](C=O)CC(=O)O)cc1. The van der Waals surface area contributed by atoms with Gasteiger partial charge in [0.1, 0.15) is 24.1 Å². The molecule has 3 amide bonds. The van der Waals surface area contributed by atoms with E-state index in [0.29, 0.717) is 17.6 Å². The zero-order valence-electron chi connectivity index (χ0n) is 15.7. The third-order valence-electron chi connectivity index (χ3n) is 3.73. The largest absolute Gasteiger partial charge is 0.497 e. The molecule has 1 aromatic carbocycles. The molecule has 0 spiro atoms. The van der Waals surface area contributed by atoms with Crippen LogP contribution in [0.4, 0.5) is 0 Å². The molecule has 0 fully saturated rings. The average Bonchev–Trinajstić information content (AvgIpc) is 2.66. The highest BCUT2D eigenvalue weighted by Crippen LogP contribution is 2.11. The molecule has 10 heteroatoms. The molecule has 3 atom stereocenters. The summed E-state index contributed by atoms with van der Waals surface area (Å²) in [4.78, 5) is 57.7. The highest BCUT2D eigenvalue weighted by molar-refractivity contribution is 5.98. The van der Waals surface area contributed by atoms with Crippen molar-refractivity contribution in [3.05, 3.63) is 29.8 Å². The minimum Gasteiger partial charge on any atom is -0.497 e. The second-order valence-corrected chi connectivity index (χ2v) is 6.00. The van der Waals surface area contributed by atoms with Crippen molar-refractivity contribution in [2.75, 3.05) is 7.11 Å². The number of hydrogen-bond donors (Lipinski definition) is 4. The number of carbonyl (C=O) groups excluding carboxylic acids is 4. The zero-order chi connectivity index (χ0) is 21.3. The molecule has 0 bridgehead atoms. The van der Waals surface area contributed by atoms with E-state index in [4.69, 9.17) is 9.84 Å². The summed E-state index contributed by atoms with van der Waals surface area (Å²) in [5.41, 5.74) is 0.328. The molecule has 0 saturated heterocycles. The van der Waals surface area contributed by atoms with E-state index in [1.807, 2.05) is 0 Å². The number of methoxy groups -OCH3 is 1. The van der Waals surface area contributed by atoms with Crippen molar-refractivity contribution in [2.24, 2.45) is 0 Å². The predicted octanol–water partition coefficient (Wildman–Crippen LogP) is -0.523. The van der Waals surface area contributed by atoms with Crippen molar-refractivity contribution in [2.45, 2.75) is 38.4 Å². The third kappa shape index (κ3) is 7.06. The van der Waals surface area contributed by atoms with Crippen LogP contribution in [0.2, 0.25) is 0 Å². The lowest BCUT2D eigenvalue weighted by molar-refractivity contribution is -0.139. The van der Waals surface area contributed by atoms with Gasteiger partial charge in [0.25, 0.3) is 5.91 Å². The van der Waals surface area contributed by atoms with Crippen LogP contribution in [0.1, 0.15) is 30.6 Å². The number of ether oxygens (including phenoxy) is 1. The minimum atomic E-state index is -1.25. The predicted molar refractivity (Wildman–Crippen MR) is 97.8 cm³/mol. The number of nitrogens with one attached hydrogen (secondary N) is 3. The number of rotatable bonds is 10. The van der Waals surface area contributed by atoms with Crippen LogP contribution in [0.15, 0.2) is 24.3 Å². The van der Waals surface area contributed by atoms with E-state index in [9.17, 15) is 24.0 Å². The number of hydrogen-bond acceptors (Lipinski definition) is 6. The Labute approximate surface area is 161 Å². The maximum Gasteiger partial charge on any atom is 0.305 e. The first-order chi connectivity index (χ1) is 13.2. The van der Waals surface area contributed by atoms with Gasteiger partial charge >= 0.3 is 5.97 Å². The summed E-state index contributed by atoms with van der Waals surface area (Å²) in [6, 6.07) is 3.11. The molecular weight excluding hydrogens is 370 g/mol. The van der Waals surface area contributed by atoms with Crippen molar-refractivity contribution >= 4 is 30.0 Å². The van der Waals surface area contributed by atoms with Crippen LogP contribution >= 0.6 is 0 Å². The second kappa shape index (κ2) is 10.7. The normalized spacial score (nSPS) is 13.4. The van der Waals surface area contributed by atoms with Crippen LogP contribution in [-0.2, 0) is 19.2 Å². The van der Waals surface area contributed by atoms with Crippen LogP contribution < -0.4 is 20.7 Å². The van der Waals surface area contributed by atoms with Crippen LogP contribution in [0.5, 0.6) is 5.75 Å². The quantitative estimate of drug-likeness (QED) is 0.390. The molecule has 0 aromatic heterocycles. The lowest BCUT2D eigenvalue weighted by Gasteiger charge is -2.19. The van der Waals surface area contributed by atoms with Gasteiger partial charge in [0.05, 0.1) is 19.6 Å². The van der Waals surface area contributed by atoms with E-state index in [0.717, 1.165) is 0 Å². The van der Waals surface area contributed by atoms with Gasteiger partial charge < -0.3 is 30.6 Å². The molecular formula is C18H23N3O7. The highest BCUT2D eigenvalue weighted by atomic mass is 16.5. The molecule has 0 heterocycles. The van der Waals surface area contributed by atoms with Crippen LogP contribution in [-0.4, -0.2) is 60.3 Å². The third-order valence-corrected chi connectivity index (χ3v) is 3.73. The zero-order valence-corrected chi connectivity index (χ0v) is 15.7. The minimum absolute atomic E-state index is 0.304. The van der Waals surface area contributed by atoms with E-state index in [1.54, 1.807) is 12.1 Å². The lowest BCUT2D eigenvalue weighted by atomic mass is 10.1. The summed E-state index contributed by atoms with van der Waals surface area (Å²) in [5, 5.41) is 15.8. The number of carboxylic acid groups (broad SMARTS) is 1. The fourth-order valence-electron chi connectivity index (χ4n) is 2.12. The maximum atomic E-state index is 12.2. The topological polar surface area (TPSA) is 151 Å².